The average Bonchev–Trinajstić information content (AvgIpc) is 2.19. The van der Waals surface area contributed by atoms with E-state index in [0.717, 1.165) is 6.54 Å². The van der Waals surface area contributed by atoms with Gasteiger partial charge in [-0.1, -0.05) is 30.3 Å². The highest BCUT2D eigenvalue weighted by atomic mass is 16.3. The predicted octanol–water partition coefficient (Wildman–Crippen LogP) is 1.89. The van der Waals surface area contributed by atoms with Crippen molar-refractivity contribution < 1.29 is 5.11 Å². The molecule has 0 bridgehead atoms. The molecule has 78 valence electrons. The van der Waals surface area contributed by atoms with Gasteiger partial charge >= 0.3 is 0 Å². The van der Waals surface area contributed by atoms with Crippen molar-refractivity contribution in [1.29, 1.82) is 0 Å². The summed E-state index contributed by atoms with van der Waals surface area (Å²) in [7, 11) is 2.03. The lowest BCUT2D eigenvalue weighted by Gasteiger charge is -2.33. The number of aliphatic hydroxyl groups is 1. The third kappa shape index (κ3) is 2.82. The molecule has 2 nitrogen and oxygen atoms in total. The molecule has 1 N–H and O–H groups in total. The van der Waals surface area contributed by atoms with Gasteiger partial charge in [0.15, 0.2) is 0 Å². The van der Waals surface area contributed by atoms with Crippen LogP contribution >= 0.6 is 0 Å². The zero-order chi connectivity index (χ0) is 10.6. The first-order chi connectivity index (χ1) is 6.56. The molecule has 0 radical (unpaired) electrons. The molecule has 0 aliphatic heterocycles. The first-order valence-electron chi connectivity index (χ1n) is 4.92. The molecule has 2 heteroatoms. The van der Waals surface area contributed by atoms with Crippen LogP contribution in [0.4, 0.5) is 0 Å². The Kier molecular flexibility index (Phi) is 3.67. The minimum Gasteiger partial charge on any atom is -0.394 e. The van der Waals surface area contributed by atoms with Gasteiger partial charge in [0.1, 0.15) is 0 Å². The van der Waals surface area contributed by atoms with Crippen molar-refractivity contribution in [2.24, 2.45) is 0 Å². The average molecular weight is 193 g/mol. The van der Waals surface area contributed by atoms with Gasteiger partial charge in [-0.25, -0.2) is 0 Å². The van der Waals surface area contributed by atoms with Gasteiger partial charge < -0.3 is 5.11 Å². The molecule has 0 amide bonds. The van der Waals surface area contributed by atoms with Crippen LogP contribution in [-0.4, -0.2) is 29.2 Å². The summed E-state index contributed by atoms with van der Waals surface area (Å²) in [6, 6.07) is 10.3. The smallest absolute Gasteiger partial charge is 0.0610 e. The van der Waals surface area contributed by atoms with Gasteiger partial charge in [-0.15, -0.1) is 0 Å². The molecular weight excluding hydrogens is 174 g/mol. The van der Waals surface area contributed by atoms with Gasteiger partial charge in [0.05, 0.1) is 6.61 Å². The highest BCUT2D eigenvalue weighted by Crippen LogP contribution is 2.14. The van der Waals surface area contributed by atoms with E-state index in [1.54, 1.807) is 0 Å². The lowest BCUT2D eigenvalue weighted by atomic mass is 10.0. The van der Waals surface area contributed by atoms with E-state index >= 15 is 0 Å². The first kappa shape index (κ1) is 11.2. The number of hydrogen-bond donors (Lipinski definition) is 1. The van der Waals surface area contributed by atoms with Gasteiger partial charge in [0.25, 0.3) is 0 Å². The van der Waals surface area contributed by atoms with Gasteiger partial charge in [-0.05, 0) is 26.5 Å². The highest BCUT2D eigenvalue weighted by molar-refractivity contribution is 5.14. The summed E-state index contributed by atoms with van der Waals surface area (Å²) in [6.07, 6.45) is 0. The van der Waals surface area contributed by atoms with Gasteiger partial charge in [0.2, 0.25) is 0 Å². The van der Waals surface area contributed by atoms with Crippen LogP contribution in [0.25, 0.3) is 0 Å². The lowest BCUT2D eigenvalue weighted by Crippen LogP contribution is -2.43. The number of nitrogens with zero attached hydrogens (tertiary/aromatic N) is 1. The van der Waals surface area contributed by atoms with Gasteiger partial charge in [-0.3, -0.25) is 4.90 Å². The van der Waals surface area contributed by atoms with Crippen LogP contribution in [0.5, 0.6) is 0 Å². The summed E-state index contributed by atoms with van der Waals surface area (Å²) in [5, 5.41) is 9.20. The zero-order valence-corrected chi connectivity index (χ0v) is 9.20. The minimum atomic E-state index is -0.157. The Morgan fingerprint density at radius 3 is 2.29 bits per heavy atom. The fourth-order valence-electron chi connectivity index (χ4n) is 1.19. The summed E-state index contributed by atoms with van der Waals surface area (Å²) in [4.78, 5) is 2.16. The van der Waals surface area contributed by atoms with Crippen LogP contribution in [-0.2, 0) is 6.54 Å². The maximum absolute atomic E-state index is 9.20. The Bertz CT molecular complexity index is 269. The zero-order valence-electron chi connectivity index (χ0n) is 9.20. The highest BCUT2D eigenvalue weighted by Gasteiger charge is 2.21. The fraction of sp³-hybridized carbons (Fsp3) is 0.500. The Morgan fingerprint density at radius 1 is 1.21 bits per heavy atom. The number of benzene rings is 1. The Balaban J connectivity index is 2.62. The largest absolute Gasteiger partial charge is 0.394 e. The van der Waals surface area contributed by atoms with Crippen LogP contribution in [0, 0.1) is 0 Å². The maximum Gasteiger partial charge on any atom is 0.0610 e. The van der Waals surface area contributed by atoms with Crippen molar-refractivity contribution in [1.82, 2.24) is 4.90 Å². The monoisotopic (exact) mass is 193 g/mol. The third-order valence-corrected chi connectivity index (χ3v) is 2.68. The van der Waals surface area contributed by atoms with E-state index in [4.69, 9.17) is 0 Å². The third-order valence-electron chi connectivity index (χ3n) is 2.68. The van der Waals surface area contributed by atoms with Crippen molar-refractivity contribution in [2.75, 3.05) is 13.7 Å². The summed E-state index contributed by atoms with van der Waals surface area (Å²) in [5.74, 6) is 0. The molecule has 0 heterocycles. The second-order valence-corrected chi connectivity index (χ2v) is 4.31. The topological polar surface area (TPSA) is 23.5 Å². The quantitative estimate of drug-likeness (QED) is 0.789. The summed E-state index contributed by atoms with van der Waals surface area (Å²) < 4.78 is 0. The second-order valence-electron chi connectivity index (χ2n) is 4.31. The van der Waals surface area contributed by atoms with E-state index in [0.29, 0.717) is 0 Å². The second kappa shape index (κ2) is 4.58. The van der Waals surface area contributed by atoms with Gasteiger partial charge in [0, 0.05) is 12.1 Å². The van der Waals surface area contributed by atoms with E-state index in [9.17, 15) is 5.11 Å². The van der Waals surface area contributed by atoms with Crippen molar-refractivity contribution in [3.05, 3.63) is 35.9 Å². The number of likely N-dealkylation sites (N-methyl/N-ethyl adjacent to an activating group) is 1. The molecule has 0 aliphatic carbocycles. The molecule has 14 heavy (non-hydrogen) atoms. The molecule has 0 aliphatic rings. The Morgan fingerprint density at radius 2 is 1.79 bits per heavy atom. The van der Waals surface area contributed by atoms with E-state index in [2.05, 4.69) is 17.0 Å². The molecule has 0 saturated heterocycles. The molecular formula is C12H19NO. The summed E-state index contributed by atoms with van der Waals surface area (Å²) in [5.41, 5.74) is 1.12. The predicted molar refractivity (Wildman–Crippen MR) is 59.1 cm³/mol. The van der Waals surface area contributed by atoms with Crippen molar-refractivity contribution >= 4 is 0 Å². The minimum absolute atomic E-state index is 0.157. The number of hydrogen-bond acceptors (Lipinski definition) is 2. The van der Waals surface area contributed by atoms with Crippen LogP contribution in [0.2, 0.25) is 0 Å². The lowest BCUT2D eigenvalue weighted by molar-refractivity contribution is 0.0734. The first-order valence-corrected chi connectivity index (χ1v) is 4.92. The standard InChI is InChI=1S/C12H19NO/c1-12(2,10-14)13(3)9-11-7-5-4-6-8-11/h4-8,14H,9-10H2,1-3H3. The van der Waals surface area contributed by atoms with Crippen molar-refractivity contribution in [2.45, 2.75) is 25.9 Å². The van der Waals surface area contributed by atoms with E-state index in [1.807, 2.05) is 39.1 Å². The maximum atomic E-state index is 9.20. The molecule has 1 aromatic rings. The van der Waals surface area contributed by atoms with Crippen LogP contribution in [0.15, 0.2) is 30.3 Å². The molecule has 0 unspecified atom stereocenters. The van der Waals surface area contributed by atoms with E-state index < -0.39 is 0 Å². The molecule has 0 saturated carbocycles. The molecule has 0 fully saturated rings. The normalized spacial score (nSPS) is 12.1. The molecule has 1 aromatic carbocycles. The van der Waals surface area contributed by atoms with Crippen LogP contribution in [0.1, 0.15) is 19.4 Å². The molecule has 0 atom stereocenters. The number of rotatable bonds is 4. The molecule has 0 spiro atoms. The van der Waals surface area contributed by atoms with Gasteiger partial charge in [-0.2, -0.15) is 0 Å². The summed E-state index contributed by atoms with van der Waals surface area (Å²) in [6.45, 7) is 5.12. The SMILES string of the molecule is CN(Cc1ccccc1)C(C)(C)CO. The Labute approximate surface area is 86.2 Å². The molecule has 0 aromatic heterocycles. The van der Waals surface area contributed by atoms with E-state index in [1.165, 1.54) is 5.56 Å². The Hall–Kier alpha value is -0.860. The van der Waals surface area contributed by atoms with E-state index in [-0.39, 0.29) is 12.1 Å². The van der Waals surface area contributed by atoms with Crippen molar-refractivity contribution in [3.8, 4) is 0 Å². The fourth-order valence-corrected chi connectivity index (χ4v) is 1.19. The summed E-state index contributed by atoms with van der Waals surface area (Å²) >= 11 is 0. The van der Waals surface area contributed by atoms with Crippen LogP contribution in [0.3, 0.4) is 0 Å². The molecule has 1 rings (SSSR count). The number of aliphatic hydroxyl groups excluding tert-OH is 1. The van der Waals surface area contributed by atoms with Crippen LogP contribution < -0.4 is 0 Å². The van der Waals surface area contributed by atoms with Crippen molar-refractivity contribution in [3.63, 3.8) is 0 Å².